The highest BCUT2D eigenvalue weighted by Crippen LogP contribution is 2.19. The molecule has 0 bridgehead atoms. The first-order valence-electron chi connectivity index (χ1n) is 6.17. The van der Waals surface area contributed by atoms with Crippen LogP contribution in [0.25, 0.3) is 0 Å². The lowest BCUT2D eigenvalue weighted by molar-refractivity contribution is 0.191. The highest BCUT2D eigenvalue weighted by Gasteiger charge is 2.12. The van der Waals surface area contributed by atoms with E-state index in [2.05, 4.69) is 9.88 Å². The monoisotopic (exact) mass is 283 g/mol. The summed E-state index contributed by atoms with van der Waals surface area (Å²) in [6.07, 6.45) is 4.41. The first kappa shape index (κ1) is 15.8. The van der Waals surface area contributed by atoms with Crippen LogP contribution in [-0.2, 0) is 9.47 Å². The van der Waals surface area contributed by atoms with Gasteiger partial charge in [-0.25, -0.2) is 0 Å². The largest absolute Gasteiger partial charge is 0.389 e. The fraction of sp³-hybridized carbons (Fsp3) is 0.538. The van der Waals surface area contributed by atoms with Gasteiger partial charge < -0.3 is 20.1 Å². The van der Waals surface area contributed by atoms with Crippen LogP contribution in [0.15, 0.2) is 18.5 Å². The van der Waals surface area contributed by atoms with E-state index in [1.807, 2.05) is 6.07 Å². The first-order valence-corrected chi connectivity index (χ1v) is 6.58. The van der Waals surface area contributed by atoms with Gasteiger partial charge in [-0.1, -0.05) is 12.2 Å². The van der Waals surface area contributed by atoms with Gasteiger partial charge in [-0.2, -0.15) is 0 Å². The molecule has 0 fully saturated rings. The predicted octanol–water partition coefficient (Wildman–Crippen LogP) is 1.21. The summed E-state index contributed by atoms with van der Waals surface area (Å²) in [6, 6.07) is 1.84. The van der Waals surface area contributed by atoms with Gasteiger partial charge in [0.05, 0.1) is 18.5 Å². The fourth-order valence-electron chi connectivity index (χ4n) is 1.80. The number of methoxy groups -OCH3 is 2. The average Bonchev–Trinajstić information content (AvgIpc) is 2.42. The molecule has 106 valence electrons. The minimum absolute atomic E-state index is 0.381. The molecule has 0 unspecified atom stereocenters. The molecular weight excluding hydrogens is 262 g/mol. The summed E-state index contributed by atoms with van der Waals surface area (Å²) in [5, 5.41) is 0. The number of hydrogen-bond donors (Lipinski definition) is 1. The third-order valence-electron chi connectivity index (χ3n) is 2.75. The number of hydrogen-bond acceptors (Lipinski definition) is 5. The Hall–Kier alpha value is -1.24. The SMILES string of the molecule is COCCCN(CCOC)c1cnccc1C(N)=S. The Morgan fingerprint density at radius 2 is 2.05 bits per heavy atom. The number of thiocarbonyl (C=S) groups is 1. The number of aromatic nitrogens is 1. The number of anilines is 1. The van der Waals surface area contributed by atoms with Crippen molar-refractivity contribution in [3.8, 4) is 0 Å². The van der Waals surface area contributed by atoms with E-state index in [4.69, 9.17) is 27.4 Å². The number of nitrogens with two attached hydrogens (primary N) is 1. The minimum atomic E-state index is 0.381. The molecule has 0 atom stereocenters. The van der Waals surface area contributed by atoms with Gasteiger partial charge in [-0.05, 0) is 12.5 Å². The van der Waals surface area contributed by atoms with Crippen molar-refractivity contribution in [2.24, 2.45) is 5.73 Å². The second kappa shape index (κ2) is 8.79. The molecule has 1 aromatic heterocycles. The molecule has 0 aliphatic rings. The molecular formula is C13H21N3O2S. The number of pyridine rings is 1. The molecule has 1 rings (SSSR count). The maximum atomic E-state index is 5.76. The second-order valence-corrected chi connectivity index (χ2v) is 4.52. The maximum Gasteiger partial charge on any atom is 0.106 e. The summed E-state index contributed by atoms with van der Waals surface area (Å²) in [4.78, 5) is 6.71. The quantitative estimate of drug-likeness (QED) is 0.543. The topological polar surface area (TPSA) is 60.6 Å². The molecule has 0 aromatic carbocycles. The summed E-state index contributed by atoms with van der Waals surface area (Å²) in [7, 11) is 3.38. The van der Waals surface area contributed by atoms with Gasteiger partial charge in [0, 0.05) is 45.7 Å². The van der Waals surface area contributed by atoms with E-state index in [9.17, 15) is 0 Å². The number of nitrogens with zero attached hydrogens (tertiary/aromatic N) is 2. The zero-order valence-corrected chi connectivity index (χ0v) is 12.3. The Labute approximate surface area is 119 Å². The molecule has 0 saturated heterocycles. The number of rotatable bonds is 9. The molecule has 19 heavy (non-hydrogen) atoms. The van der Waals surface area contributed by atoms with Crippen molar-refractivity contribution in [1.82, 2.24) is 4.98 Å². The van der Waals surface area contributed by atoms with E-state index in [0.29, 0.717) is 18.2 Å². The van der Waals surface area contributed by atoms with Crippen molar-refractivity contribution in [2.75, 3.05) is 45.4 Å². The van der Waals surface area contributed by atoms with E-state index < -0.39 is 0 Å². The third-order valence-corrected chi connectivity index (χ3v) is 2.97. The normalized spacial score (nSPS) is 10.4. The van der Waals surface area contributed by atoms with E-state index in [-0.39, 0.29) is 0 Å². The van der Waals surface area contributed by atoms with Crippen molar-refractivity contribution in [1.29, 1.82) is 0 Å². The molecule has 6 heteroatoms. The molecule has 1 aromatic rings. The molecule has 5 nitrogen and oxygen atoms in total. The van der Waals surface area contributed by atoms with Crippen LogP contribution in [0.1, 0.15) is 12.0 Å². The maximum absolute atomic E-state index is 5.76. The Kier molecular flexibility index (Phi) is 7.32. The molecule has 0 amide bonds. The lowest BCUT2D eigenvalue weighted by Crippen LogP contribution is -2.31. The van der Waals surface area contributed by atoms with Crippen LogP contribution in [-0.4, -0.2) is 50.5 Å². The molecule has 0 saturated carbocycles. The Morgan fingerprint density at radius 1 is 1.32 bits per heavy atom. The van der Waals surface area contributed by atoms with Gasteiger partial charge in [-0.3, -0.25) is 4.98 Å². The Bertz CT molecular complexity index is 401. The van der Waals surface area contributed by atoms with Gasteiger partial charge in [-0.15, -0.1) is 0 Å². The summed E-state index contributed by atoms with van der Waals surface area (Å²) in [5.74, 6) is 0. The lowest BCUT2D eigenvalue weighted by atomic mass is 10.2. The molecule has 2 N–H and O–H groups in total. The van der Waals surface area contributed by atoms with Crippen LogP contribution >= 0.6 is 12.2 Å². The molecule has 0 aliphatic heterocycles. The number of ether oxygens (including phenoxy) is 2. The summed E-state index contributed by atoms with van der Waals surface area (Å²) < 4.78 is 10.2. The van der Waals surface area contributed by atoms with Crippen molar-refractivity contribution in [3.63, 3.8) is 0 Å². The highest BCUT2D eigenvalue weighted by molar-refractivity contribution is 7.80. The third kappa shape index (κ3) is 5.10. The summed E-state index contributed by atoms with van der Waals surface area (Å²) in [5.41, 5.74) is 7.55. The summed E-state index contributed by atoms with van der Waals surface area (Å²) in [6.45, 7) is 2.96. The van der Waals surface area contributed by atoms with Crippen molar-refractivity contribution < 1.29 is 9.47 Å². The van der Waals surface area contributed by atoms with Crippen molar-refractivity contribution >= 4 is 22.9 Å². The van der Waals surface area contributed by atoms with Gasteiger partial charge in [0.25, 0.3) is 0 Å². The molecule has 0 aliphatic carbocycles. The van der Waals surface area contributed by atoms with E-state index in [0.717, 1.165) is 30.8 Å². The smallest absolute Gasteiger partial charge is 0.106 e. The Balaban J connectivity index is 2.85. The zero-order chi connectivity index (χ0) is 14.1. The standard InChI is InChI=1S/C13H21N3O2S/c1-17-8-3-6-16(7-9-18-2)12-10-15-5-4-11(12)13(14)19/h4-5,10H,3,6-9H2,1-2H3,(H2,14,19). The highest BCUT2D eigenvalue weighted by atomic mass is 32.1. The van der Waals surface area contributed by atoms with E-state index in [1.165, 1.54) is 0 Å². The van der Waals surface area contributed by atoms with Crippen molar-refractivity contribution in [3.05, 3.63) is 24.0 Å². The van der Waals surface area contributed by atoms with Crippen LogP contribution in [0.2, 0.25) is 0 Å². The van der Waals surface area contributed by atoms with Crippen LogP contribution in [0.3, 0.4) is 0 Å². The Morgan fingerprint density at radius 3 is 2.68 bits per heavy atom. The van der Waals surface area contributed by atoms with E-state index in [1.54, 1.807) is 26.6 Å². The predicted molar refractivity (Wildman–Crippen MR) is 80.7 cm³/mol. The zero-order valence-electron chi connectivity index (χ0n) is 11.5. The second-order valence-electron chi connectivity index (χ2n) is 4.08. The van der Waals surface area contributed by atoms with Crippen molar-refractivity contribution in [2.45, 2.75) is 6.42 Å². The summed E-state index contributed by atoms with van der Waals surface area (Å²) >= 11 is 5.08. The lowest BCUT2D eigenvalue weighted by Gasteiger charge is -2.26. The minimum Gasteiger partial charge on any atom is -0.389 e. The fourth-order valence-corrected chi connectivity index (χ4v) is 1.97. The molecule has 0 radical (unpaired) electrons. The van der Waals surface area contributed by atoms with E-state index >= 15 is 0 Å². The van der Waals surface area contributed by atoms with Gasteiger partial charge in [0.2, 0.25) is 0 Å². The van der Waals surface area contributed by atoms with Crippen LogP contribution in [0.4, 0.5) is 5.69 Å². The van der Waals surface area contributed by atoms with Gasteiger partial charge >= 0.3 is 0 Å². The molecule has 1 heterocycles. The van der Waals surface area contributed by atoms with Gasteiger partial charge in [0.1, 0.15) is 4.99 Å². The van der Waals surface area contributed by atoms with Crippen LogP contribution in [0.5, 0.6) is 0 Å². The van der Waals surface area contributed by atoms with Crippen LogP contribution in [0, 0.1) is 0 Å². The van der Waals surface area contributed by atoms with Crippen LogP contribution < -0.4 is 10.6 Å². The first-order chi connectivity index (χ1) is 9.20. The molecule has 0 spiro atoms. The van der Waals surface area contributed by atoms with Gasteiger partial charge in [0.15, 0.2) is 0 Å². The average molecular weight is 283 g/mol.